The molecule has 0 aromatic heterocycles. The largest absolute Gasteiger partial charge is 0.348 e. The van der Waals surface area contributed by atoms with Gasteiger partial charge in [0, 0.05) is 38.5 Å². The first-order valence-corrected chi connectivity index (χ1v) is 13.6. The van der Waals surface area contributed by atoms with E-state index in [1.54, 1.807) is 0 Å². The van der Waals surface area contributed by atoms with E-state index in [1.807, 2.05) is 6.08 Å². The Labute approximate surface area is 205 Å². The molecule has 6 nitrogen and oxygen atoms in total. The fourth-order valence-electron chi connectivity index (χ4n) is 8.65. The first-order chi connectivity index (χ1) is 16.2. The van der Waals surface area contributed by atoms with Crippen molar-refractivity contribution in [2.24, 2.45) is 39.7 Å². The second kappa shape index (κ2) is 9.16. The Kier molecular flexibility index (Phi) is 6.52. The fraction of sp³-hybridized carbons (Fsp3) is 0.821. The van der Waals surface area contributed by atoms with Crippen molar-refractivity contribution in [1.29, 1.82) is 0 Å². The molecule has 0 aromatic carbocycles. The van der Waals surface area contributed by atoms with Crippen LogP contribution in [0.2, 0.25) is 0 Å². The number of piperazine rings is 1. The molecule has 6 unspecified atom stereocenters. The van der Waals surface area contributed by atoms with Crippen LogP contribution in [0, 0.1) is 34.5 Å². The summed E-state index contributed by atoms with van der Waals surface area (Å²) in [5.74, 6) is 2.65. The van der Waals surface area contributed by atoms with Gasteiger partial charge in [-0.15, -0.1) is 0 Å². The summed E-state index contributed by atoms with van der Waals surface area (Å²) in [4.78, 5) is 34.4. The summed E-state index contributed by atoms with van der Waals surface area (Å²) < 4.78 is 0. The van der Waals surface area contributed by atoms with E-state index in [0.717, 1.165) is 63.5 Å². The molecular weight excluding hydrogens is 426 g/mol. The Morgan fingerprint density at radius 2 is 1.82 bits per heavy atom. The highest BCUT2D eigenvalue weighted by atomic mass is 16.7. The molecule has 5 aliphatic rings. The van der Waals surface area contributed by atoms with E-state index < -0.39 is 0 Å². The fourth-order valence-corrected chi connectivity index (χ4v) is 8.65. The summed E-state index contributed by atoms with van der Waals surface area (Å²) in [6.07, 6.45) is 10.9. The number of carbonyl (C=O) groups is 2. The number of ketones is 1. The molecule has 1 saturated heterocycles. The van der Waals surface area contributed by atoms with Crippen LogP contribution in [-0.4, -0.2) is 67.0 Å². The number of hydrogen-bond acceptors (Lipinski definition) is 6. The van der Waals surface area contributed by atoms with Gasteiger partial charge in [0.1, 0.15) is 0 Å². The van der Waals surface area contributed by atoms with Gasteiger partial charge in [-0.2, -0.15) is 0 Å². The topological polar surface area (TPSA) is 62.2 Å². The molecular formula is C28H43N3O3. The number of allylic oxidation sites excluding steroid dienone is 1. The van der Waals surface area contributed by atoms with Crippen LogP contribution >= 0.6 is 0 Å². The Balaban J connectivity index is 1.24. The molecule has 0 N–H and O–H groups in total. The lowest BCUT2D eigenvalue weighted by Crippen LogP contribution is -2.51. The van der Waals surface area contributed by atoms with Gasteiger partial charge in [-0.05, 0) is 93.6 Å². The quantitative estimate of drug-likeness (QED) is 0.349. The monoisotopic (exact) mass is 469 g/mol. The lowest BCUT2D eigenvalue weighted by atomic mass is 9.46. The highest BCUT2D eigenvalue weighted by Crippen LogP contribution is 2.66. The number of likely N-dealkylation sites (N-methyl/N-ethyl adjacent to an activating group) is 1. The molecule has 0 spiro atoms. The van der Waals surface area contributed by atoms with Crippen LogP contribution in [0.15, 0.2) is 16.8 Å². The highest BCUT2D eigenvalue weighted by molar-refractivity contribution is 5.91. The number of carbonyl (C=O) groups excluding carboxylic acids is 2. The van der Waals surface area contributed by atoms with Crippen molar-refractivity contribution in [2.75, 3.05) is 39.8 Å². The van der Waals surface area contributed by atoms with E-state index >= 15 is 0 Å². The molecule has 1 heterocycles. The molecule has 4 fully saturated rings. The predicted molar refractivity (Wildman–Crippen MR) is 133 cm³/mol. The van der Waals surface area contributed by atoms with Gasteiger partial charge in [0.05, 0.1) is 12.3 Å². The predicted octanol–water partition coefficient (Wildman–Crippen LogP) is 4.30. The number of oxime groups is 1. The zero-order valence-electron chi connectivity index (χ0n) is 21.6. The van der Waals surface area contributed by atoms with Crippen molar-refractivity contribution >= 4 is 17.5 Å². The Bertz CT molecular complexity index is 889. The Morgan fingerprint density at radius 1 is 1.06 bits per heavy atom. The number of fused-ring (bicyclic) bond motifs is 5. The molecule has 0 bridgehead atoms. The maximum Gasteiger partial charge on any atom is 0.348 e. The highest BCUT2D eigenvalue weighted by Gasteiger charge is 2.59. The molecule has 5 rings (SSSR count). The molecule has 6 heteroatoms. The number of nitrogens with zero attached hydrogens (tertiary/aromatic N) is 3. The van der Waals surface area contributed by atoms with E-state index in [1.165, 1.54) is 31.3 Å². The standard InChI is InChI=1S/C28H43N3O3/c1-19(29-34-26(33)18-31-15-13-30(4)14-16-31)23-7-8-24-22-6-5-20-17-21(32)9-11-27(20,2)25(22)10-12-28(23,24)3/h17,22-25H,5-16,18H2,1-4H3. The van der Waals surface area contributed by atoms with Gasteiger partial charge in [-0.3, -0.25) is 9.69 Å². The van der Waals surface area contributed by atoms with Crippen molar-refractivity contribution in [1.82, 2.24) is 9.80 Å². The molecule has 0 amide bonds. The maximum absolute atomic E-state index is 12.4. The maximum atomic E-state index is 12.4. The van der Waals surface area contributed by atoms with Crippen LogP contribution in [0.25, 0.3) is 0 Å². The summed E-state index contributed by atoms with van der Waals surface area (Å²) in [5.41, 5.74) is 2.90. The van der Waals surface area contributed by atoms with Gasteiger partial charge < -0.3 is 9.74 Å². The number of hydrogen-bond donors (Lipinski definition) is 0. The zero-order chi connectivity index (χ0) is 24.1. The van der Waals surface area contributed by atoms with Crippen molar-refractivity contribution in [3.8, 4) is 0 Å². The van der Waals surface area contributed by atoms with Crippen molar-refractivity contribution in [3.63, 3.8) is 0 Å². The molecule has 0 aromatic rings. The zero-order valence-corrected chi connectivity index (χ0v) is 21.6. The van der Waals surface area contributed by atoms with Crippen molar-refractivity contribution in [2.45, 2.75) is 72.1 Å². The summed E-state index contributed by atoms with van der Waals surface area (Å²) in [5, 5.41) is 4.40. The van der Waals surface area contributed by atoms with Crippen LogP contribution in [0.3, 0.4) is 0 Å². The van der Waals surface area contributed by atoms with E-state index in [2.05, 4.69) is 42.8 Å². The minimum absolute atomic E-state index is 0.220. The normalized spacial score (nSPS) is 41.4. The minimum Gasteiger partial charge on any atom is -0.317 e. The molecule has 34 heavy (non-hydrogen) atoms. The minimum atomic E-state index is -0.237. The molecule has 188 valence electrons. The second-order valence-electron chi connectivity index (χ2n) is 12.4. The smallest absolute Gasteiger partial charge is 0.317 e. The summed E-state index contributed by atoms with van der Waals surface area (Å²) in [6.45, 7) is 11.1. The van der Waals surface area contributed by atoms with E-state index in [4.69, 9.17) is 4.84 Å². The van der Waals surface area contributed by atoms with Crippen LogP contribution in [0.1, 0.15) is 72.1 Å². The van der Waals surface area contributed by atoms with E-state index in [9.17, 15) is 9.59 Å². The molecule has 6 atom stereocenters. The molecule has 3 saturated carbocycles. The van der Waals surface area contributed by atoms with Crippen LogP contribution < -0.4 is 0 Å². The van der Waals surface area contributed by atoms with Crippen molar-refractivity contribution < 1.29 is 14.4 Å². The van der Waals surface area contributed by atoms with Crippen LogP contribution in [0.5, 0.6) is 0 Å². The van der Waals surface area contributed by atoms with E-state index in [-0.39, 0.29) is 16.8 Å². The lowest BCUT2D eigenvalue weighted by Gasteiger charge is -2.58. The first kappa shape index (κ1) is 24.2. The van der Waals surface area contributed by atoms with Gasteiger partial charge in [0.2, 0.25) is 0 Å². The number of rotatable bonds is 4. The average molecular weight is 470 g/mol. The lowest BCUT2D eigenvalue weighted by molar-refractivity contribution is -0.145. The Hall–Kier alpha value is -1.53. The molecule has 1 aliphatic heterocycles. The third-order valence-corrected chi connectivity index (χ3v) is 10.7. The van der Waals surface area contributed by atoms with E-state index in [0.29, 0.717) is 30.1 Å². The van der Waals surface area contributed by atoms with Crippen LogP contribution in [-0.2, 0) is 14.4 Å². The van der Waals surface area contributed by atoms with Crippen LogP contribution in [0.4, 0.5) is 0 Å². The first-order valence-electron chi connectivity index (χ1n) is 13.6. The van der Waals surface area contributed by atoms with Gasteiger partial charge in [-0.1, -0.05) is 24.6 Å². The van der Waals surface area contributed by atoms with Gasteiger partial charge >= 0.3 is 5.97 Å². The summed E-state index contributed by atoms with van der Waals surface area (Å²) in [7, 11) is 2.12. The second-order valence-corrected chi connectivity index (χ2v) is 12.4. The van der Waals surface area contributed by atoms with Gasteiger partial charge in [-0.25, -0.2) is 4.79 Å². The third-order valence-electron chi connectivity index (χ3n) is 10.7. The third kappa shape index (κ3) is 4.19. The van der Waals surface area contributed by atoms with Gasteiger partial charge in [0.15, 0.2) is 5.78 Å². The summed E-state index contributed by atoms with van der Waals surface area (Å²) >= 11 is 0. The molecule has 4 aliphatic carbocycles. The SMILES string of the molecule is CC(=NOC(=O)CN1CCN(C)CC1)C1CCC2C3CCC4=CC(=O)CCC4(C)C3CCC12C. The van der Waals surface area contributed by atoms with Gasteiger partial charge in [0.25, 0.3) is 0 Å². The summed E-state index contributed by atoms with van der Waals surface area (Å²) in [6, 6.07) is 0. The Morgan fingerprint density at radius 3 is 2.59 bits per heavy atom. The van der Waals surface area contributed by atoms with Crippen molar-refractivity contribution in [3.05, 3.63) is 11.6 Å². The average Bonchev–Trinajstić information content (AvgIpc) is 3.17. The molecule has 0 radical (unpaired) electrons.